The SMILES string of the molecule is NC(Cc1ccccc1)C(O)/C=C/C(=O)O. The zero-order valence-corrected chi connectivity index (χ0v) is 8.78. The first kappa shape index (κ1) is 12.4. The number of aliphatic hydroxyl groups excluding tert-OH is 1. The van der Waals surface area contributed by atoms with E-state index in [1.165, 1.54) is 6.08 Å². The predicted octanol–water partition coefficient (Wildman–Crippen LogP) is 0.558. The van der Waals surface area contributed by atoms with Crippen molar-refractivity contribution in [2.75, 3.05) is 0 Å². The summed E-state index contributed by atoms with van der Waals surface area (Å²) in [7, 11) is 0. The molecule has 0 aliphatic carbocycles. The summed E-state index contributed by atoms with van der Waals surface area (Å²) < 4.78 is 0. The molecular weight excluding hydrogens is 206 g/mol. The Labute approximate surface area is 94.0 Å². The molecule has 0 radical (unpaired) electrons. The number of carboxylic acids is 1. The largest absolute Gasteiger partial charge is 0.478 e. The Balaban J connectivity index is 2.52. The molecule has 4 nitrogen and oxygen atoms in total. The minimum absolute atomic E-state index is 0.502. The average molecular weight is 221 g/mol. The van der Waals surface area contributed by atoms with Crippen molar-refractivity contribution in [3.05, 3.63) is 48.0 Å². The fourth-order valence-electron chi connectivity index (χ4n) is 1.33. The van der Waals surface area contributed by atoms with Crippen molar-refractivity contribution in [1.29, 1.82) is 0 Å². The van der Waals surface area contributed by atoms with Crippen molar-refractivity contribution in [3.8, 4) is 0 Å². The van der Waals surface area contributed by atoms with E-state index < -0.39 is 18.1 Å². The standard InChI is InChI=1S/C12H15NO3/c13-10(11(14)6-7-12(15)16)8-9-4-2-1-3-5-9/h1-7,10-11,14H,8,13H2,(H,15,16)/b7-6+. The number of benzene rings is 1. The number of rotatable bonds is 5. The highest BCUT2D eigenvalue weighted by Gasteiger charge is 2.12. The third kappa shape index (κ3) is 4.25. The number of carbonyl (C=O) groups is 1. The lowest BCUT2D eigenvalue weighted by Crippen LogP contribution is -2.35. The second-order valence-corrected chi connectivity index (χ2v) is 3.54. The Kier molecular flexibility index (Phi) is 4.69. The van der Waals surface area contributed by atoms with Crippen molar-refractivity contribution < 1.29 is 15.0 Å². The van der Waals surface area contributed by atoms with Gasteiger partial charge in [0.15, 0.2) is 0 Å². The van der Waals surface area contributed by atoms with E-state index in [0.29, 0.717) is 6.42 Å². The Hall–Kier alpha value is -1.65. The summed E-state index contributed by atoms with van der Waals surface area (Å²) in [5.41, 5.74) is 6.75. The van der Waals surface area contributed by atoms with Crippen molar-refractivity contribution in [3.63, 3.8) is 0 Å². The van der Waals surface area contributed by atoms with Crippen molar-refractivity contribution >= 4 is 5.97 Å². The lowest BCUT2D eigenvalue weighted by atomic mass is 10.0. The molecule has 4 heteroatoms. The lowest BCUT2D eigenvalue weighted by Gasteiger charge is -2.15. The van der Waals surface area contributed by atoms with Crippen LogP contribution in [-0.4, -0.2) is 28.3 Å². The first-order valence-corrected chi connectivity index (χ1v) is 4.98. The maximum Gasteiger partial charge on any atom is 0.328 e. The molecule has 1 aromatic rings. The van der Waals surface area contributed by atoms with E-state index in [4.69, 9.17) is 10.8 Å². The Morgan fingerprint density at radius 2 is 2.00 bits per heavy atom. The van der Waals surface area contributed by atoms with Gasteiger partial charge >= 0.3 is 5.97 Å². The van der Waals surface area contributed by atoms with E-state index >= 15 is 0 Å². The number of carboxylic acid groups (broad SMARTS) is 1. The van der Waals surface area contributed by atoms with Crippen LogP contribution >= 0.6 is 0 Å². The van der Waals surface area contributed by atoms with Gasteiger partial charge in [-0.1, -0.05) is 30.3 Å². The molecule has 1 rings (SSSR count). The number of nitrogens with two attached hydrogens (primary N) is 1. The quantitative estimate of drug-likeness (QED) is 0.634. The summed E-state index contributed by atoms with van der Waals surface area (Å²) >= 11 is 0. The molecule has 0 aliphatic heterocycles. The number of aliphatic carboxylic acids is 1. The van der Waals surface area contributed by atoms with Gasteiger partial charge in [0.25, 0.3) is 0 Å². The summed E-state index contributed by atoms with van der Waals surface area (Å²) in [6.45, 7) is 0. The van der Waals surface area contributed by atoms with Crippen LogP contribution in [0.4, 0.5) is 0 Å². The Morgan fingerprint density at radius 3 is 2.56 bits per heavy atom. The second kappa shape index (κ2) is 6.05. The third-order valence-electron chi connectivity index (χ3n) is 2.19. The molecule has 2 unspecified atom stereocenters. The van der Waals surface area contributed by atoms with E-state index in [1.807, 2.05) is 30.3 Å². The van der Waals surface area contributed by atoms with Crippen LogP contribution < -0.4 is 5.73 Å². The fraction of sp³-hybridized carbons (Fsp3) is 0.250. The van der Waals surface area contributed by atoms with Gasteiger partial charge in [-0.15, -0.1) is 0 Å². The molecule has 0 saturated heterocycles. The molecule has 0 aliphatic rings. The maximum atomic E-state index is 10.2. The van der Waals surface area contributed by atoms with E-state index in [1.54, 1.807) is 0 Å². The Morgan fingerprint density at radius 1 is 1.38 bits per heavy atom. The van der Waals surface area contributed by atoms with Crippen LogP contribution in [0.5, 0.6) is 0 Å². The van der Waals surface area contributed by atoms with Gasteiger partial charge in [0.05, 0.1) is 6.10 Å². The number of hydrogen-bond donors (Lipinski definition) is 3. The zero-order valence-electron chi connectivity index (χ0n) is 8.78. The fourth-order valence-corrected chi connectivity index (χ4v) is 1.33. The highest BCUT2D eigenvalue weighted by Crippen LogP contribution is 2.05. The first-order valence-electron chi connectivity index (χ1n) is 4.98. The van der Waals surface area contributed by atoms with Crippen LogP contribution in [0.25, 0.3) is 0 Å². The van der Waals surface area contributed by atoms with Gasteiger partial charge in [0, 0.05) is 12.1 Å². The maximum absolute atomic E-state index is 10.2. The van der Waals surface area contributed by atoms with E-state index in [9.17, 15) is 9.90 Å². The molecular formula is C12H15NO3. The summed E-state index contributed by atoms with van der Waals surface area (Å²) in [5, 5.41) is 17.9. The number of aliphatic hydroxyl groups is 1. The molecule has 2 atom stereocenters. The summed E-state index contributed by atoms with van der Waals surface area (Å²) in [6.07, 6.45) is 1.65. The van der Waals surface area contributed by atoms with E-state index in [0.717, 1.165) is 11.6 Å². The van der Waals surface area contributed by atoms with Crippen LogP contribution in [-0.2, 0) is 11.2 Å². The third-order valence-corrected chi connectivity index (χ3v) is 2.19. The summed E-state index contributed by atoms with van der Waals surface area (Å²) in [6, 6.07) is 9.00. The molecule has 16 heavy (non-hydrogen) atoms. The van der Waals surface area contributed by atoms with Gasteiger partial charge < -0.3 is 15.9 Å². The van der Waals surface area contributed by atoms with Crippen LogP contribution in [0.15, 0.2) is 42.5 Å². The van der Waals surface area contributed by atoms with Crippen LogP contribution in [0, 0.1) is 0 Å². The molecule has 86 valence electrons. The molecule has 0 saturated carbocycles. The molecule has 0 amide bonds. The molecule has 0 fully saturated rings. The molecule has 1 aromatic carbocycles. The van der Waals surface area contributed by atoms with Crippen molar-refractivity contribution in [2.45, 2.75) is 18.6 Å². The zero-order chi connectivity index (χ0) is 12.0. The highest BCUT2D eigenvalue weighted by molar-refractivity contribution is 5.79. The summed E-state index contributed by atoms with van der Waals surface area (Å²) in [5.74, 6) is -1.09. The van der Waals surface area contributed by atoms with Crippen LogP contribution in [0.1, 0.15) is 5.56 Å². The van der Waals surface area contributed by atoms with Gasteiger partial charge in [-0.2, -0.15) is 0 Å². The van der Waals surface area contributed by atoms with Crippen LogP contribution in [0.2, 0.25) is 0 Å². The topological polar surface area (TPSA) is 83.5 Å². The van der Waals surface area contributed by atoms with Gasteiger partial charge in [-0.05, 0) is 18.1 Å². The number of hydrogen-bond acceptors (Lipinski definition) is 3. The lowest BCUT2D eigenvalue weighted by molar-refractivity contribution is -0.131. The van der Waals surface area contributed by atoms with Crippen molar-refractivity contribution in [2.24, 2.45) is 5.73 Å². The first-order chi connectivity index (χ1) is 7.59. The van der Waals surface area contributed by atoms with E-state index in [-0.39, 0.29) is 0 Å². The molecule has 0 bridgehead atoms. The van der Waals surface area contributed by atoms with Gasteiger partial charge in [-0.3, -0.25) is 0 Å². The van der Waals surface area contributed by atoms with E-state index in [2.05, 4.69) is 0 Å². The molecule has 4 N–H and O–H groups in total. The summed E-state index contributed by atoms with van der Waals surface area (Å²) in [4.78, 5) is 10.2. The minimum atomic E-state index is -1.09. The highest BCUT2D eigenvalue weighted by atomic mass is 16.4. The van der Waals surface area contributed by atoms with Gasteiger partial charge in [-0.25, -0.2) is 4.79 Å². The Bertz CT molecular complexity index is 362. The predicted molar refractivity (Wildman–Crippen MR) is 60.9 cm³/mol. The molecule has 0 aromatic heterocycles. The van der Waals surface area contributed by atoms with Gasteiger partial charge in [0.2, 0.25) is 0 Å². The normalized spacial score (nSPS) is 14.9. The molecule has 0 spiro atoms. The monoisotopic (exact) mass is 221 g/mol. The second-order valence-electron chi connectivity index (χ2n) is 3.54. The average Bonchev–Trinajstić information content (AvgIpc) is 2.27. The molecule has 0 heterocycles. The van der Waals surface area contributed by atoms with Crippen LogP contribution in [0.3, 0.4) is 0 Å². The minimum Gasteiger partial charge on any atom is -0.478 e. The smallest absolute Gasteiger partial charge is 0.328 e. The van der Waals surface area contributed by atoms with Crippen molar-refractivity contribution in [1.82, 2.24) is 0 Å². The van der Waals surface area contributed by atoms with Gasteiger partial charge in [0.1, 0.15) is 0 Å².